The summed E-state index contributed by atoms with van der Waals surface area (Å²) >= 11 is 0. The zero-order chi connectivity index (χ0) is 15.9. The van der Waals surface area contributed by atoms with E-state index < -0.39 is 12.2 Å². The van der Waals surface area contributed by atoms with Crippen molar-refractivity contribution >= 4 is 11.0 Å². The minimum absolute atomic E-state index is 0.208. The van der Waals surface area contributed by atoms with Crippen molar-refractivity contribution in [3.8, 4) is 17.1 Å². The standard InChI is InChI=1S/C18H18O4/c1-10-15-9-13(17(21)11(2)19)5-8-16(15)22-18(10)12-3-6-14(20)7-4-12/h3-9,11,17,19-21H,1-2H3. The lowest BCUT2D eigenvalue weighted by Gasteiger charge is -2.13. The number of hydrogen-bond acceptors (Lipinski definition) is 4. The Morgan fingerprint density at radius 3 is 2.32 bits per heavy atom. The number of aryl methyl sites for hydroxylation is 1. The van der Waals surface area contributed by atoms with Gasteiger partial charge in [0.2, 0.25) is 0 Å². The van der Waals surface area contributed by atoms with Gasteiger partial charge in [-0.25, -0.2) is 0 Å². The molecular weight excluding hydrogens is 280 g/mol. The van der Waals surface area contributed by atoms with Gasteiger partial charge < -0.3 is 19.7 Å². The predicted octanol–water partition coefficient (Wildman–Crippen LogP) is 3.53. The van der Waals surface area contributed by atoms with Crippen molar-refractivity contribution in [3.05, 3.63) is 53.6 Å². The van der Waals surface area contributed by atoms with E-state index in [1.807, 2.05) is 13.0 Å². The van der Waals surface area contributed by atoms with Crippen LogP contribution in [0.25, 0.3) is 22.3 Å². The van der Waals surface area contributed by atoms with Crippen molar-refractivity contribution in [1.82, 2.24) is 0 Å². The Bertz CT molecular complexity index is 800. The van der Waals surface area contributed by atoms with Crippen LogP contribution in [0.3, 0.4) is 0 Å². The summed E-state index contributed by atoms with van der Waals surface area (Å²) in [5.41, 5.74) is 3.22. The summed E-state index contributed by atoms with van der Waals surface area (Å²) in [5.74, 6) is 0.943. The van der Waals surface area contributed by atoms with Gasteiger partial charge in [0.15, 0.2) is 0 Å². The SMILES string of the molecule is Cc1c(-c2ccc(O)cc2)oc2ccc(C(O)C(C)O)cc12. The van der Waals surface area contributed by atoms with Gasteiger partial charge in [-0.2, -0.15) is 0 Å². The highest BCUT2D eigenvalue weighted by Crippen LogP contribution is 2.35. The average molecular weight is 298 g/mol. The van der Waals surface area contributed by atoms with Gasteiger partial charge in [-0.3, -0.25) is 0 Å². The van der Waals surface area contributed by atoms with E-state index in [-0.39, 0.29) is 5.75 Å². The highest BCUT2D eigenvalue weighted by Gasteiger charge is 2.17. The molecule has 4 nitrogen and oxygen atoms in total. The number of hydrogen-bond donors (Lipinski definition) is 3. The lowest BCUT2D eigenvalue weighted by Crippen LogP contribution is -2.13. The van der Waals surface area contributed by atoms with E-state index in [2.05, 4.69) is 0 Å². The largest absolute Gasteiger partial charge is 0.508 e. The van der Waals surface area contributed by atoms with Crippen LogP contribution in [0.5, 0.6) is 5.75 Å². The maximum absolute atomic E-state index is 9.99. The molecule has 0 spiro atoms. The Hall–Kier alpha value is -2.30. The summed E-state index contributed by atoms with van der Waals surface area (Å²) in [7, 11) is 0. The molecule has 0 aliphatic rings. The van der Waals surface area contributed by atoms with Crippen molar-refractivity contribution in [3.63, 3.8) is 0 Å². The minimum Gasteiger partial charge on any atom is -0.508 e. The molecule has 3 aromatic rings. The highest BCUT2D eigenvalue weighted by molar-refractivity contribution is 5.88. The molecular formula is C18H18O4. The van der Waals surface area contributed by atoms with E-state index in [1.165, 1.54) is 0 Å². The van der Waals surface area contributed by atoms with Crippen molar-refractivity contribution in [1.29, 1.82) is 0 Å². The summed E-state index contributed by atoms with van der Waals surface area (Å²) in [4.78, 5) is 0. The first-order chi connectivity index (χ1) is 10.5. The number of aliphatic hydroxyl groups excluding tert-OH is 2. The number of fused-ring (bicyclic) bond motifs is 1. The molecule has 2 unspecified atom stereocenters. The van der Waals surface area contributed by atoms with Gasteiger partial charge in [-0.15, -0.1) is 0 Å². The fraction of sp³-hybridized carbons (Fsp3) is 0.222. The van der Waals surface area contributed by atoms with Gasteiger partial charge in [-0.1, -0.05) is 6.07 Å². The van der Waals surface area contributed by atoms with Crippen LogP contribution in [0, 0.1) is 6.92 Å². The molecule has 114 valence electrons. The number of aliphatic hydroxyl groups is 2. The van der Waals surface area contributed by atoms with E-state index in [0.29, 0.717) is 5.56 Å². The Labute approximate surface area is 128 Å². The van der Waals surface area contributed by atoms with Crippen molar-refractivity contribution in [2.45, 2.75) is 26.1 Å². The third-order valence-electron chi connectivity index (χ3n) is 3.89. The monoisotopic (exact) mass is 298 g/mol. The predicted molar refractivity (Wildman–Crippen MR) is 84.7 cm³/mol. The van der Waals surface area contributed by atoms with Crippen molar-refractivity contribution < 1.29 is 19.7 Å². The molecule has 0 amide bonds. The quantitative estimate of drug-likeness (QED) is 0.691. The number of benzene rings is 2. The first kappa shape index (κ1) is 14.6. The van der Waals surface area contributed by atoms with E-state index in [4.69, 9.17) is 4.42 Å². The molecule has 1 aromatic heterocycles. The number of aromatic hydroxyl groups is 1. The van der Waals surface area contributed by atoms with Crippen LogP contribution in [-0.4, -0.2) is 21.4 Å². The van der Waals surface area contributed by atoms with E-state index in [9.17, 15) is 15.3 Å². The molecule has 1 heterocycles. The molecule has 0 saturated heterocycles. The van der Waals surface area contributed by atoms with Crippen LogP contribution in [0.2, 0.25) is 0 Å². The molecule has 0 bridgehead atoms. The maximum atomic E-state index is 9.99. The summed E-state index contributed by atoms with van der Waals surface area (Å²) in [6, 6.07) is 12.2. The second-order valence-corrected chi connectivity index (χ2v) is 5.54. The second-order valence-electron chi connectivity index (χ2n) is 5.54. The smallest absolute Gasteiger partial charge is 0.138 e. The van der Waals surface area contributed by atoms with Crippen molar-refractivity contribution in [2.75, 3.05) is 0 Å². The van der Waals surface area contributed by atoms with Gasteiger partial charge in [0.05, 0.1) is 6.10 Å². The summed E-state index contributed by atoms with van der Waals surface area (Å²) in [6.07, 6.45) is -1.75. The number of phenols is 1. The van der Waals surface area contributed by atoms with E-state index >= 15 is 0 Å². The zero-order valence-electron chi connectivity index (χ0n) is 12.4. The third-order valence-corrected chi connectivity index (χ3v) is 3.89. The average Bonchev–Trinajstić information content (AvgIpc) is 2.84. The van der Waals surface area contributed by atoms with Crippen LogP contribution < -0.4 is 0 Å². The summed E-state index contributed by atoms with van der Waals surface area (Å²) in [5, 5.41) is 29.8. The fourth-order valence-electron chi connectivity index (χ4n) is 2.59. The molecule has 3 N–H and O–H groups in total. The highest BCUT2D eigenvalue weighted by atomic mass is 16.3. The molecule has 0 fully saturated rings. The Morgan fingerprint density at radius 1 is 1.00 bits per heavy atom. The van der Waals surface area contributed by atoms with Crippen LogP contribution in [0.4, 0.5) is 0 Å². The van der Waals surface area contributed by atoms with Crippen LogP contribution in [-0.2, 0) is 0 Å². The number of rotatable bonds is 3. The summed E-state index contributed by atoms with van der Waals surface area (Å²) in [6.45, 7) is 3.51. The Kier molecular flexibility index (Phi) is 3.64. The van der Waals surface area contributed by atoms with Crippen molar-refractivity contribution in [2.24, 2.45) is 0 Å². The summed E-state index contributed by atoms with van der Waals surface area (Å²) < 4.78 is 5.89. The maximum Gasteiger partial charge on any atom is 0.138 e. The third kappa shape index (κ3) is 2.47. The van der Waals surface area contributed by atoms with E-state index in [1.54, 1.807) is 43.3 Å². The van der Waals surface area contributed by atoms with E-state index in [0.717, 1.165) is 27.9 Å². The van der Waals surface area contributed by atoms with Crippen LogP contribution in [0.15, 0.2) is 46.9 Å². The number of phenolic OH excluding ortho intramolecular Hbond substituents is 1. The topological polar surface area (TPSA) is 73.8 Å². The first-order valence-corrected chi connectivity index (χ1v) is 7.16. The lowest BCUT2D eigenvalue weighted by atomic mass is 10.0. The normalized spacial score (nSPS) is 14.2. The lowest BCUT2D eigenvalue weighted by molar-refractivity contribution is 0.0306. The molecule has 3 rings (SSSR count). The molecule has 4 heteroatoms. The molecule has 2 aromatic carbocycles. The zero-order valence-corrected chi connectivity index (χ0v) is 12.4. The Balaban J connectivity index is 2.11. The molecule has 22 heavy (non-hydrogen) atoms. The molecule has 0 saturated carbocycles. The molecule has 2 atom stereocenters. The van der Waals surface area contributed by atoms with Gasteiger partial charge in [0.1, 0.15) is 23.2 Å². The number of furan rings is 1. The Morgan fingerprint density at radius 2 is 1.68 bits per heavy atom. The van der Waals surface area contributed by atoms with Gasteiger partial charge in [0, 0.05) is 16.5 Å². The molecule has 0 aliphatic carbocycles. The van der Waals surface area contributed by atoms with Gasteiger partial charge >= 0.3 is 0 Å². The molecule has 0 radical (unpaired) electrons. The first-order valence-electron chi connectivity index (χ1n) is 7.16. The van der Waals surface area contributed by atoms with Crippen LogP contribution in [0.1, 0.15) is 24.2 Å². The van der Waals surface area contributed by atoms with Crippen LogP contribution >= 0.6 is 0 Å². The molecule has 0 aliphatic heterocycles. The second kappa shape index (κ2) is 5.48. The fourth-order valence-corrected chi connectivity index (χ4v) is 2.59. The minimum atomic E-state index is -0.921. The van der Waals surface area contributed by atoms with Gasteiger partial charge in [0.25, 0.3) is 0 Å². The van der Waals surface area contributed by atoms with Gasteiger partial charge in [-0.05, 0) is 55.8 Å².